The van der Waals surface area contributed by atoms with Gasteiger partial charge in [0.05, 0.1) is 13.0 Å². The fourth-order valence-electron chi connectivity index (χ4n) is 2.59. The Morgan fingerprint density at radius 3 is 2.94 bits per heavy atom. The van der Waals surface area contributed by atoms with Gasteiger partial charge in [-0.1, -0.05) is 24.3 Å². The summed E-state index contributed by atoms with van der Waals surface area (Å²) in [5.41, 5.74) is 2.67. The summed E-state index contributed by atoms with van der Waals surface area (Å²) in [4.78, 5) is 13.9. The number of nitrogens with zero attached hydrogens (tertiary/aromatic N) is 1. The molecule has 1 aromatic carbocycles. The highest BCUT2D eigenvalue weighted by Gasteiger charge is 2.26. The van der Waals surface area contributed by atoms with Gasteiger partial charge in [-0.15, -0.1) is 0 Å². The van der Waals surface area contributed by atoms with Crippen LogP contribution in [0.5, 0.6) is 0 Å². The Balaban J connectivity index is 1.98. The second-order valence-electron chi connectivity index (χ2n) is 5.02. The van der Waals surface area contributed by atoms with Crippen LogP contribution in [0, 0.1) is 12.8 Å². The number of benzene rings is 1. The standard InChI is InChI=1S/C15H21NO2/c1-12-6-3-4-7-13(12)10-16-9-5-8-14(11-16)15(17)18-2/h3-4,6-7,14H,5,8-11H2,1-2H3. The Labute approximate surface area is 109 Å². The van der Waals surface area contributed by atoms with E-state index in [-0.39, 0.29) is 11.9 Å². The van der Waals surface area contributed by atoms with Crippen LogP contribution >= 0.6 is 0 Å². The molecule has 0 amide bonds. The van der Waals surface area contributed by atoms with Gasteiger partial charge in [0.15, 0.2) is 0 Å². The summed E-state index contributed by atoms with van der Waals surface area (Å²) in [5, 5.41) is 0. The molecule has 98 valence electrons. The van der Waals surface area contributed by atoms with Crippen molar-refractivity contribution in [3.63, 3.8) is 0 Å². The average Bonchev–Trinajstić information content (AvgIpc) is 2.41. The van der Waals surface area contributed by atoms with Crippen molar-refractivity contribution in [3.05, 3.63) is 35.4 Å². The fraction of sp³-hybridized carbons (Fsp3) is 0.533. The SMILES string of the molecule is COC(=O)C1CCCN(Cc2ccccc2C)C1. The molecule has 3 heteroatoms. The molecule has 2 rings (SSSR count). The maximum atomic E-state index is 11.6. The van der Waals surface area contributed by atoms with Crippen LogP contribution in [0.3, 0.4) is 0 Å². The van der Waals surface area contributed by atoms with Crippen LogP contribution in [-0.2, 0) is 16.1 Å². The number of methoxy groups -OCH3 is 1. The van der Waals surface area contributed by atoms with Crippen molar-refractivity contribution in [3.8, 4) is 0 Å². The van der Waals surface area contributed by atoms with E-state index in [1.807, 2.05) is 0 Å². The fourth-order valence-corrected chi connectivity index (χ4v) is 2.59. The molecule has 1 saturated heterocycles. The van der Waals surface area contributed by atoms with Crippen LogP contribution in [-0.4, -0.2) is 31.1 Å². The Morgan fingerprint density at radius 1 is 1.44 bits per heavy atom. The van der Waals surface area contributed by atoms with Gasteiger partial charge >= 0.3 is 5.97 Å². The first-order valence-electron chi connectivity index (χ1n) is 6.55. The summed E-state index contributed by atoms with van der Waals surface area (Å²) in [7, 11) is 1.47. The molecule has 18 heavy (non-hydrogen) atoms. The largest absolute Gasteiger partial charge is 0.469 e. The van der Waals surface area contributed by atoms with Crippen molar-refractivity contribution < 1.29 is 9.53 Å². The molecule has 1 atom stereocenters. The Bertz CT molecular complexity index is 417. The van der Waals surface area contributed by atoms with Crippen LogP contribution in [0.25, 0.3) is 0 Å². The molecule has 0 aromatic heterocycles. The quantitative estimate of drug-likeness (QED) is 0.768. The zero-order valence-electron chi connectivity index (χ0n) is 11.2. The Morgan fingerprint density at radius 2 is 2.22 bits per heavy atom. The molecule has 1 heterocycles. The van der Waals surface area contributed by atoms with Gasteiger partial charge in [0.2, 0.25) is 0 Å². The van der Waals surface area contributed by atoms with E-state index < -0.39 is 0 Å². The van der Waals surface area contributed by atoms with E-state index in [4.69, 9.17) is 4.74 Å². The van der Waals surface area contributed by atoms with Crippen molar-refractivity contribution >= 4 is 5.97 Å². The van der Waals surface area contributed by atoms with E-state index >= 15 is 0 Å². The van der Waals surface area contributed by atoms with Crippen LogP contribution in [0.4, 0.5) is 0 Å². The molecule has 1 aliphatic rings. The monoisotopic (exact) mass is 247 g/mol. The van der Waals surface area contributed by atoms with Crippen LogP contribution in [0.2, 0.25) is 0 Å². The third kappa shape index (κ3) is 3.10. The van der Waals surface area contributed by atoms with Gasteiger partial charge in [-0.05, 0) is 37.4 Å². The van der Waals surface area contributed by atoms with Gasteiger partial charge in [0, 0.05) is 13.1 Å². The third-order valence-corrected chi connectivity index (χ3v) is 3.70. The lowest BCUT2D eigenvalue weighted by molar-refractivity contribution is -0.147. The highest BCUT2D eigenvalue weighted by Crippen LogP contribution is 2.20. The van der Waals surface area contributed by atoms with E-state index in [1.54, 1.807) is 0 Å². The molecule has 0 saturated carbocycles. The predicted octanol–water partition coefficient (Wildman–Crippen LogP) is 2.38. The molecule has 0 aliphatic carbocycles. The summed E-state index contributed by atoms with van der Waals surface area (Å²) in [5.74, 6) is -0.0164. The molecular formula is C15H21NO2. The van der Waals surface area contributed by atoms with E-state index in [0.717, 1.165) is 32.5 Å². The number of hydrogen-bond donors (Lipinski definition) is 0. The normalized spacial score (nSPS) is 20.7. The first-order chi connectivity index (χ1) is 8.70. The third-order valence-electron chi connectivity index (χ3n) is 3.70. The molecule has 0 radical (unpaired) electrons. The van der Waals surface area contributed by atoms with Crippen LogP contribution in [0.15, 0.2) is 24.3 Å². The molecule has 0 N–H and O–H groups in total. The van der Waals surface area contributed by atoms with Gasteiger partial charge in [0.1, 0.15) is 0 Å². The van der Waals surface area contributed by atoms with Crippen molar-refractivity contribution in [1.29, 1.82) is 0 Å². The minimum absolute atomic E-state index is 0.0489. The number of rotatable bonds is 3. The lowest BCUT2D eigenvalue weighted by atomic mass is 9.97. The lowest BCUT2D eigenvalue weighted by Crippen LogP contribution is -2.38. The number of likely N-dealkylation sites (tertiary alicyclic amines) is 1. The Kier molecular flexibility index (Phi) is 4.37. The van der Waals surface area contributed by atoms with Gasteiger partial charge in [-0.25, -0.2) is 0 Å². The maximum absolute atomic E-state index is 11.6. The van der Waals surface area contributed by atoms with E-state index in [2.05, 4.69) is 36.1 Å². The zero-order chi connectivity index (χ0) is 13.0. The van der Waals surface area contributed by atoms with Gasteiger partial charge in [0.25, 0.3) is 0 Å². The zero-order valence-corrected chi connectivity index (χ0v) is 11.2. The number of ether oxygens (including phenoxy) is 1. The second kappa shape index (κ2) is 6.01. The number of esters is 1. The minimum Gasteiger partial charge on any atom is -0.469 e. The molecule has 1 fully saturated rings. The topological polar surface area (TPSA) is 29.5 Å². The molecular weight excluding hydrogens is 226 g/mol. The average molecular weight is 247 g/mol. The van der Waals surface area contributed by atoms with Crippen molar-refractivity contribution in [2.75, 3.05) is 20.2 Å². The number of carbonyl (C=O) groups is 1. The van der Waals surface area contributed by atoms with E-state index in [9.17, 15) is 4.79 Å². The summed E-state index contributed by atoms with van der Waals surface area (Å²) in [6, 6.07) is 8.44. The van der Waals surface area contributed by atoms with Gasteiger partial charge in [-0.3, -0.25) is 9.69 Å². The first kappa shape index (κ1) is 13.1. The van der Waals surface area contributed by atoms with Crippen LogP contribution < -0.4 is 0 Å². The van der Waals surface area contributed by atoms with Gasteiger partial charge < -0.3 is 4.74 Å². The second-order valence-corrected chi connectivity index (χ2v) is 5.02. The summed E-state index contributed by atoms with van der Waals surface area (Å²) < 4.78 is 4.85. The smallest absolute Gasteiger partial charge is 0.309 e. The summed E-state index contributed by atoms with van der Waals surface area (Å²) >= 11 is 0. The minimum atomic E-state index is -0.0653. The number of piperidine rings is 1. The highest BCUT2D eigenvalue weighted by molar-refractivity contribution is 5.72. The molecule has 1 aromatic rings. The predicted molar refractivity (Wildman–Crippen MR) is 71.2 cm³/mol. The summed E-state index contributed by atoms with van der Waals surface area (Å²) in [6.07, 6.45) is 2.03. The van der Waals surface area contributed by atoms with E-state index in [0.29, 0.717) is 0 Å². The number of hydrogen-bond acceptors (Lipinski definition) is 3. The number of carbonyl (C=O) groups excluding carboxylic acids is 1. The molecule has 1 unspecified atom stereocenters. The molecule has 0 bridgehead atoms. The Hall–Kier alpha value is -1.35. The van der Waals surface area contributed by atoms with Crippen molar-refractivity contribution in [2.45, 2.75) is 26.3 Å². The maximum Gasteiger partial charge on any atom is 0.309 e. The van der Waals surface area contributed by atoms with Crippen molar-refractivity contribution in [2.24, 2.45) is 5.92 Å². The number of aryl methyl sites for hydroxylation is 1. The highest BCUT2D eigenvalue weighted by atomic mass is 16.5. The summed E-state index contributed by atoms with van der Waals surface area (Å²) in [6.45, 7) is 4.96. The van der Waals surface area contributed by atoms with Crippen molar-refractivity contribution in [1.82, 2.24) is 4.90 Å². The lowest BCUT2D eigenvalue weighted by Gasteiger charge is -2.31. The first-order valence-corrected chi connectivity index (χ1v) is 6.55. The van der Waals surface area contributed by atoms with Crippen LogP contribution in [0.1, 0.15) is 24.0 Å². The van der Waals surface area contributed by atoms with E-state index in [1.165, 1.54) is 18.2 Å². The van der Waals surface area contributed by atoms with Gasteiger partial charge in [-0.2, -0.15) is 0 Å². The molecule has 3 nitrogen and oxygen atoms in total. The molecule has 1 aliphatic heterocycles. The molecule has 0 spiro atoms.